The number of nitrogens with zero attached hydrogens (tertiary/aromatic N) is 1. The summed E-state index contributed by atoms with van der Waals surface area (Å²) < 4.78 is 0. The van der Waals surface area contributed by atoms with Crippen molar-refractivity contribution in [3.8, 4) is 0 Å². The molecule has 19 heavy (non-hydrogen) atoms. The maximum absolute atomic E-state index is 11.6. The molecule has 1 heterocycles. The number of carbonyl (C=O) groups excluding carboxylic acids is 1. The maximum atomic E-state index is 11.6. The SMILES string of the molecule is NCC(c1cccc(Cl)c1)N1CCCCC1C(N)=O. The van der Waals surface area contributed by atoms with Gasteiger partial charge in [-0.3, -0.25) is 9.69 Å². The Labute approximate surface area is 118 Å². The third-order valence-corrected chi connectivity index (χ3v) is 3.96. The molecular weight excluding hydrogens is 262 g/mol. The highest BCUT2D eigenvalue weighted by Crippen LogP contribution is 2.29. The lowest BCUT2D eigenvalue weighted by atomic mass is 9.96. The number of benzene rings is 1. The van der Waals surface area contributed by atoms with Gasteiger partial charge in [0, 0.05) is 17.6 Å². The van der Waals surface area contributed by atoms with Crippen LogP contribution in [-0.4, -0.2) is 29.9 Å². The van der Waals surface area contributed by atoms with E-state index in [4.69, 9.17) is 23.1 Å². The first-order valence-electron chi connectivity index (χ1n) is 6.64. The Hall–Kier alpha value is -1.10. The molecule has 0 spiro atoms. The molecule has 1 aromatic rings. The molecule has 0 saturated carbocycles. The van der Waals surface area contributed by atoms with Gasteiger partial charge >= 0.3 is 0 Å². The van der Waals surface area contributed by atoms with Crippen molar-refractivity contribution in [1.82, 2.24) is 4.90 Å². The fraction of sp³-hybridized carbons (Fsp3) is 0.500. The van der Waals surface area contributed by atoms with Crippen LogP contribution in [0.1, 0.15) is 30.9 Å². The van der Waals surface area contributed by atoms with Gasteiger partial charge in [0.25, 0.3) is 0 Å². The second-order valence-electron chi connectivity index (χ2n) is 4.96. The summed E-state index contributed by atoms with van der Waals surface area (Å²) in [5.74, 6) is -0.264. The van der Waals surface area contributed by atoms with E-state index in [0.717, 1.165) is 31.4 Å². The number of amides is 1. The van der Waals surface area contributed by atoms with Crippen LogP contribution in [0.2, 0.25) is 5.02 Å². The van der Waals surface area contributed by atoms with E-state index in [1.165, 1.54) is 0 Å². The van der Waals surface area contributed by atoms with Gasteiger partial charge in [0.15, 0.2) is 0 Å². The molecule has 104 valence electrons. The summed E-state index contributed by atoms with van der Waals surface area (Å²) in [6.07, 6.45) is 2.92. The summed E-state index contributed by atoms with van der Waals surface area (Å²) in [5, 5.41) is 0.684. The molecule has 0 bridgehead atoms. The molecule has 1 amide bonds. The highest BCUT2D eigenvalue weighted by atomic mass is 35.5. The van der Waals surface area contributed by atoms with E-state index in [9.17, 15) is 4.79 Å². The minimum atomic E-state index is -0.264. The molecule has 0 radical (unpaired) electrons. The summed E-state index contributed by atoms with van der Waals surface area (Å²) in [7, 11) is 0. The molecule has 1 aromatic carbocycles. The number of nitrogens with two attached hydrogens (primary N) is 2. The summed E-state index contributed by atoms with van der Waals surface area (Å²) in [6, 6.07) is 7.42. The molecule has 2 unspecified atom stereocenters. The van der Waals surface area contributed by atoms with E-state index >= 15 is 0 Å². The van der Waals surface area contributed by atoms with Crippen molar-refractivity contribution in [3.63, 3.8) is 0 Å². The van der Waals surface area contributed by atoms with Gasteiger partial charge in [0.05, 0.1) is 6.04 Å². The second kappa shape index (κ2) is 6.37. The van der Waals surface area contributed by atoms with Gasteiger partial charge in [-0.05, 0) is 37.1 Å². The van der Waals surface area contributed by atoms with Crippen LogP contribution in [0.15, 0.2) is 24.3 Å². The van der Waals surface area contributed by atoms with E-state index in [1.807, 2.05) is 24.3 Å². The van der Waals surface area contributed by atoms with Crippen LogP contribution in [0.5, 0.6) is 0 Å². The second-order valence-corrected chi connectivity index (χ2v) is 5.39. The molecule has 0 aromatic heterocycles. The fourth-order valence-electron chi connectivity index (χ4n) is 2.81. The van der Waals surface area contributed by atoms with Crippen LogP contribution in [0, 0.1) is 0 Å². The highest BCUT2D eigenvalue weighted by molar-refractivity contribution is 6.30. The Morgan fingerprint density at radius 3 is 2.89 bits per heavy atom. The van der Waals surface area contributed by atoms with Crippen LogP contribution in [0.4, 0.5) is 0 Å². The van der Waals surface area contributed by atoms with Crippen molar-refractivity contribution in [2.75, 3.05) is 13.1 Å². The molecule has 1 fully saturated rings. The number of piperidine rings is 1. The molecule has 2 rings (SSSR count). The summed E-state index contributed by atoms with van der Waals surface area (Å²) >= 11 is 6.03. The first-order chi connectivity index (χ1) is 9.13. The normalized spacial score (nSPS) is 22.1. The molecule has 0 aliphatic carbocycles. The Kier molecular flexibility index (Phi) is 4.80. The van der Waals surface area contributed by atoms with Gasteiger partial charge in [-0.1, -0.05) is 30.2 Å². The Balaban J connectivity index is 2.26. The molecule has 2 atom stereocenters. The molecule has 1 saturated heterocycles. The van der Waals surface area contributed by atoms with Crippen molar-refractivity contribution >= 4 is 17.5 Å². The summed E-state index contributed by atoms with van der Waals surface area (Å²) in [4.78, 5) is 13.7. The van der Waals surface area contributed by atoms with Gasteiger partial charge < -0.3 is 11.5 Å². The van der Waals surface area contributed by atoms with Crippen LogP contribution < -0.4 is 11.5 Å². The monoisotopic (exact) mass is 281 g/mol. The maximum Gasteiger partial charge on any atom is 0.234 e. The van der Waals surface area contributed by atoms with E-state index < -0.39 is 0 Å². The largest absolute Gasteiger partial charge is 0.368 e. The van der Waals surface area contributed by atoms with Crippen LogP contribution in [-0.2, 0) is 4.79 Å². The minimum Gasteiger partial charge on any atom is -0.368 e. The standard InChI is InChI=1S/C14H20ClN3O/c15-11-5-3-4-10(8-11)13(9-16)18-7-2-1-6-12(18)14(17)19/h3-5,8,12-13H,1-2,6-7,9,16H2,(H2,17,19). The number of carbonyl (C=O) groups is 1. The first kappa shape index (κ1) is 14.3. The third-order valence-electron chi connectivity index (χ3n) is 3.73. The number of hydrogen-bond donors (Lipinski definition) is 2. The van der Waals surface area contributed by atoms with Gasteiger partial charge in [0.1, 0.15) is 0 Å². The lowest BCUT2D eigenvalue weighted by Gasteiger charge is -2.39. The third kappa shape index (κ3) is 3.26. The number of likely N-dealkylation sites (tertiary alicyclic amines) is 1. The lowest BCUT2D eigenvalue weighted by molar-refractivity contribution is -0.125. The molecule has 1 aliphatic rings. The van der Waals surface area contributed by atoms with E-state index in [1.54, 1.807) is 0 Å². The smallest absolute Gasteiger partial charge is 0.234 e. The number of rotatable bonds is 4. The Morgan fingerprint density at radius 2 is 2.26 bits per heavy atom. The van der Waals surface area contributed by atoms with Gasteiger partial charge in [-0.15, -0.1) is 0 Å². The number of halogens is 1. The predicted molar refractivity (Wildman–Crippen MR) is 76.8 cm³/mol. The number of primary amides is 1. The van der Waals surface area contributed by atoms with Crippen LogP contribution in [0.3, 0.4) is 0 Å². The van der Waals surface area contributed by atoms with Crippen LogP contribution in [0.25, 0.3) is 0 Å². The molecule has 1 aliphatic heterocycles. The van der Waals surface area contributed by atoms with Crippen molar-refractivity contribution in [3.05, 3.63) is 34.9 Å². The average Bonchev–Trinajstić information content (AvgIpc) is 2.40. The van der Waals surface area contributed by atoms with E-state index in [2.05, 4.69) is 4.90 Å². The average molecular weight is 282 g/mol. The van der Waals surface area contributed by atoms with Crippen molar-refractivity contribution in [2.45, 2.75) is 31.3 Å². The van der Waals surface area contributed by atoms with Crippen molar-refractivity contribution < 1.29 is 4.79 Å². The quantitative estimate of drug-likeness (QED) is 0.882. The molecule has 4 N–H and O–H groups in total. The zero-order chi connectivity index (χ0) is 13.8. The first-order valence-corrected chi connectivity index (χ1v) is 7.02. The molecule has 4 nitrogen and oxygen atoms in total. The zero-order valence-corrected chi connectivity index (χ0v) is 11.6. The minimum absolute atomic E-state index is 0.00324. The molecule has 5 heteroatoms. The van der Waals surface area contributed by atoms with E-state index in [-0.39, 0.29) is 18.0 Å². The molecular formula is C14H20ClN3O. The van der Waals surface area contributed by atoms with Gasteiger partial charge in [-0.2, -0.15) is 0 Å². The highest BCUT2D eigenvalue weighted by Gasteiger charge is 2.32. The summed E-state index contributed by atoms with van der Waals surface area (Å²) in [5.41, 5.74) is 12.5. The van der Waals surface area contributed by atoms with Gasteiger partial charge in [-0.25, -0.2) is 0 Å². The van der Waals surface area contributed by atoms with Gasteiger partial charge in [0.2, 0.25) is 5.91 Å². The number of hydrogen-bond acceptors (Lipinski definition) is 3. The fourth-order valence-corrected chi connectivity index (χ4v) is 3.01. The zero-order valence-electron chi connectivity index (χ0n) is 10.9. The van der Waals surface area contributed by atoms with E-state index in [0.29, 0.717) is 11.6 Å². The van der Waals surface area contributed by atoms with Crippen molar-refractivity contribution in [2.24, 2.45) is 11.5 Å². The lowest BCUT2D eigenvalue weighted by Crippen LogP contribution is -2.50. The Morgan fingerprint density at radius 1 is 1.47 bits per heavy atom. The van der Waals surface area contributed by atoms with Crippen molar-refractivity contribution in [1.29, 1.82) is 0 Å². The predicted octanol–water partition coefficient (Wildman–Crippen LogP) is 1.68. The topological polar surface area (TPSA) is 72.3 Å². The Bertz CT molecular complexity index is 452. The van der Waals surface area contributed by atoms with Crippen LogP contribution >= 0.6 is 11.6 Å². The summed E-state index contributed by atoms with van der Waals surface area (Å²) in [6.45, 7) is 1.30.